The summed E-state index contributed by atoms with van der Waals surface area (Å²) < 4.78 is 32.7. The molecule has 0 heterocycles. The number of hydrogen-bond donors (Lipinski definition) is 2. The van der Waals surface area contributed by atoms with Crippen molar-refractivity contribution >= 4 is 50.8 Å². The zero-order valence-electron chi connectivity index (χ0n) is 16.6. The molecular weight excluding hydrogens is 465 g/mol. The molecular formula is C20H19Cl2N3O5S. The fraction of sp³-hybridized carbons (Fsp3) is 0.250. The molecule has 2 rings (SSSR count). The summed E-state index contributed by atoms with van der Waals surface area (Å²) in [7, 11) is -4.25. The van der Waals surface area contributed by atoms with Crippen LogP contribution in [-0.2, 0) is 24.3 Å². The van der Waals surface area contributed by atoms with E-state index in [1.165, 1.54) is 42.5 Å². The lowest BCUT2D eigenvalue weighted by Crippen LogP contribution is -2.46. The average Bonchev–Trinajstić information content (AvgIpc) is 2.70. The van der Waals surface area contributed by atoms with E-state index < -0.39 is 40.5 Å². The number of anilines is 1. The second-order valence-corrected chi connectivity index (χ2v) is 9.20. The van der Waals surface area contributed by atoms with Gasteiger partial charge < -0.3 is 10.1 Å². The van der Waals surface area contributed by atoms with Crippen LogP contribution in [0, 0.1) is 17.2 Å². The quantitative estimate of drug-likeness (QED) is 0.554. The number of nitriles is 1. The van der Waals surface area contributed by atoms with E-state index in [2.05, 4.69) is 10.0 Å². The van der Waals surface area contributed by atoms with Crippen LogP contribution >= 0.6 is 23.2 Å². The summed E-state index contributed by atoms with van der Waals surface area (Å²) in [5.41, 5.74) is 0.838. The molecule has 31 heavy (non-hydrogen) atoms. The highest BCUT2D eigenvalue weighted by atomic mass is 35.5. The summed E-state index contributed by atoms with van der Waals surface area (Å²) in [5.74, 6) is -2.06. The van der Waals surface area contributed by atoms with E-state index >= 15 is 0 Å². The highest BCUT2D eigenvalue weighted by Gasteiger charge is 2.32. The number of benzene rings is 2. The molecule has 8 nitrogen and oxygen atoms in total. The van der Waals surface area contributed by atoms with Crippen LogP contribution in [0.3, 0.4) is 0 Å². The highest BCUT2D eigenvalue weighted by molar-refractivity contribution is 7.89. The third-order valence-corrected chi connectivity index (χ3v) is 6.43. The van der Waals surface area contributed by atoms with Gasteiger partial charge >= 0.3 is 5.97 Å². The predicted molar refractivity (Wildman–Crippen MR) is 116 cm³/mol. The molecule has 0 spiro atoms. The SMILES string of the molecule is CC(C)[C@H](NS(=O)(=O)c1c(Cl)cccc1Cl)C(=O)OCC(=O)Nc1ccc(C#N)cc1. The lowest BCUT2D eigenvalue weighted by Gasteiger charge is -2.21. The Labute approximate surface area is 190 Å². The molecule has 2 aromatic rings. The van der Waals surface area contributed by atoms with Gasteiger partial charge in [-0.1, -0.05) is 43.1 Å². The number of carbonyl (C=O) groups is 2. The molecule has 0 fully saturated rings. The zero-order valence-corrected chi connectivity index (χ0v) is 18.9. The number of carbonyl (C=O) groups excluding carboxylic acids is 2. The van der Waals surface area contributed by atoms with Crippen LogP contribution in [0.25, 0.3) is 0 Å². The summed E-state index contributed by atoms with van der Waals surface area (Å²) >= 11 is 11.9. The van der Waals surface area contributed by atoms with E-state index in [4.69, 9.17) is 33.2 Å². The molecule has 1 atom stereocenters. The second kappa shape index (κ2) is 10.6. The molecule has 164 valence electrons. The summed E-state index contributed by atoms with van der Waals surface area (Å²) in [4.78, 5) is 24.2. The molecule has 0 aliphatic heterocycles. The number of ether oxygens (including phenoxy) is 1. The normalized spacial score (nSPS) is 12.1. The van der Waals surface area contributed by atoms with Gasteiger partial charge in [-0.15, -0.1) is 0 Å². The highest BCUT2D eigenvalue weighted by Crippen LogP contribution is 2.29. The van der Waals surface area contributed by atoms with E-state index in [0.717, 1.165) is 0 Å². The van der Waals surface area contributed by atoms with E-state index in [-0.39, 0.29) is 14.9 Å². The van der Waals surface area contributed by atoms with Crippen molar-refractivity contribution in [3.8, 4) is 6.07 Å². The van der Waals surface area contributed by atoms with Crippen molar-refractivity contribution in [3.05, 3.63) is 58.1 Å². The molecule has 0 aliphatic carbocycles. The predicted octanol–water partition coefficient (Wildman–Crippen LogP) is 3.35. The number of sulfonamides is 1. The average molecular weight is 484 g/mol. The number of rotatable bonds is 8. The van der Waals surface area contributed by atoms with E-state index in [9.17, 15) is 18.0 Å². The Hall–Kier alpha value is -2.64. The van der Waals surface area contributed by atoms with Crippen molar-refractivity contribution in [1.29, 1.82) is 5.26 Å². The maximum absolute atomic E-state index is 12.7. The lowest BCUT2D eigenvalue weighted by atomic mass is 10.1. The lowest BCUT2D eigenvalue weighted by molar-refractivity contribution is -0.150. The van der Waals surface area contributed by atoms with E-state index in [0.29, 0.717) is 11.3 Å². The molecule has 0 bridgehead atoms. The topological polar surface area (TPSA) is 125 Å². The Kier molecular flexibility index (Phi) is 8.42. The molecule has 2 N–H and O–H groups in total. The van der Waals surface area contributed by atoms with Crippen LogP contribution < -0.4 is 10.0 Å². The van der Waals surface area contributed by atoms with Gasteiger partial charge in [-0.25, -0.2) is 8.42 Å². The van der Waals surface area contributed by atoms with E-state index in [1.54, 1.807) is 13.8 Å². The van der Waals surface area contributed by atoms with Crippen LogP contribution in [0.1, 0.15) is 19.4 Å². The van der Waals surface area contributed by atoms with Crippen LogP contribution in [-0.4, -0.2) is 32.9 Å². The van der Waals surface area contributed by atoms with Gasteiger partial charge in [-0.2, -0.15) is 9.98 Å². The first kappa shape index (κ1) is 24.6. The number of nitrogens with one attached hydrogen (secondary N) is 2. The first-order chi connectivity index (χ1) is 14.5. The Morgan fingerprint density at radius 2 is 1.68 bits per heavy atom. The van der Waals surface area contributed by atoms with Crippen molar-refractivity contribution in [2.75, 3.05) is 11.9 Å². The van der Waals surface area contributed by atoms with Crippen LogP contribution in [0.4, 0.5) is 5.69 Å². The number of hydrogen-bond acceptors (Lipinski definition) is 6. The number of nitrogens with zero attached hydrogens (tertiary/aromatic N) is 1. The van der Waals surface area contributed by atoms with Gasteiger partial charge in [-0.05, 0) is 42.3 Å². The van der Waals surface area contributed by atoms with Gasteiger partial charge in [0.05, 0.1) is 21.7 Å². The number of esters is 1. The summed E-state index contributed by atoms with van der Waals surface area (Å²) in [6.45, 7) is 2.59. The molecule has 0 unspecified atom stereocenters. The van der Waals surface area contributed by atoms with Crippen molar-refractivity contribution in [2.45, 2.75) is 24.8 Å². The third kappa shape index (κ3) is 6.67. The van der Waals surface area contributed by atoms with Gasteiger partial charge in [0, 0.05) is 5.69 Å². The van der Waals surface area contributed by atoms with Crippen molar-refractivity contribution in [1.82, 2.24) is 4.72 Å². The molecule has 0 aromatic heterocycles. The molecule has 1 amide bonds. The third-order valence-electron chi connectivity index (χ3n) is 4.03. The Bertz CT molecular complexity index is 1090. The summed E-state index contributed by atoms with van der Waals surface area (Å²) in [6, 6.07) is 11.0. The maximum Gasteiger partial charge on any atom is 0.324 e. The van der Waals surface area contributed by atoms with Gasteiger partial charge in [-0.3, -0.25) is 9.59 Å². The Balaban J connectivity index is 2.05. The molecule has 0 aliphatic rings. The molecule has 2 aromatic carbocycles. The first-order valence-corrected chi connectivity index (χ1v) is 11.2. The largest absolute Gasteiger partial charge is 0.454 e. The second-order valence-electron chi connectivity index (χ2n) is 6.74. The summed E-state index contributed by atoms with van der Waals surface area (Å²) in [6.07, 6.45) is 0. The maximum atomic E-state index is 12.7. The van der Waals surface area contributed by atoms with Crippen LogP contribution in [0.5, 0.6) is 0 Å². The van der Waals surface area contributed by atoms with Gasteiger partial charge in [0.15, 0.2) is 6.61 Å². The first-order valence-electron chi connectivity index (χ1n) is 8.98. The Morgan fingerprint density at radius 1 is 1.10 bits per heavy atom. The van der Waals surface area contributed by atoms with Crippen LogP contribution in [0.15, 0.2) is 47.4 Å². The van der Waals surface area contributed by atoms with Crippen LogP contribution in [0.2, 0.25) is 10.0 Å². The minimum Gasteiger partial charge on any atom is -0.454 e. The van der Waals surface area contributed by atoms with E-state index in [1.807, 2.05) is 6.07 Å². The summed E-state index contributed by atoms with van der Waals surface area (Å²) in [5, 5.41) is 11.1. The molecule has 0 saturated carbocycles. The molecule has 0 saturated heterocycles. The van der Waals surface area contributed by atoms with Crippen molar-refractivity contribution in [3.63, 3.8) is 0 Å². The number of halogens is 2. The fourth-order valence-corrected chi connectivity index (χ4v) is 4.95. The molecule has 11 heteroatoms. The minimum atomic E-state index is -4.25. The smallest absolute Gasteiger partial charge is 0.324 e. The fourth-order valence-electron chi connectivity index (χ4n) is 2.47. The minimum absolute atomic E-state index is 0.0994. The van der Waals surface area contributed by atoms with Crippen molar-refractivity contribution < 1.29 is 22.7 Å². The number of amides is 1. The standard InChI is InChI=1S/C20H19Cl2N3O5S/c1-12(2)18(25-31(28,29)19-15(21)4-3-5-16(19)22)20(27)30-11-17(26)24-14-8-6-13(10-23)7-9-14/h3-9,12,18,25H,11H2,1-2H3,(H,24,26)/t18-/m0/s1. The zero-order chi connectivity index (χ0) is 23.2. The van der Waals surface area contributed by atoms with Gasteiger partial charge in [0.25, 0.3) is 5.91 Å². The van der Waals surface area contributed by atoms with Gasteiger partial charge in [0.1, 0.15) is 10.9 Å². The van der Waals surface area contributed by atoms with Gasteiger partial charge in [0.2, 0.25) is 10.0 Å². The van der Waals surface area contributed by atoms with Crippen molar-refractivity contribution in [2.24, 2.45) is 5.92 Å². The Morgan fingerprint density at radius 3 is 2.19 bits per heavy atom. The monoisotopic (exact) mass is 483 g/mol. The molecule has 0 radical (unpaired) electrons.